The van der Waals surface area contributed by atoms with Gasteiger partial charge in [0.05, 0.1) is 6.26 Å². The van der Waals surface area contributed by atoms with Crippen LogP contribution >= 0.6 is 27.3 Å². The fourth-order valence-electron chi connectivity index (χ4n) is 2.08. The van der Waals surface area contributed by atoms with E-state index >= 15 is 0 Å². The van der Waals surface area contributed by atoms with Crippen molar-refractivity contribution < 1.29 is 4.42 Å². The highest BCUT2D eigenvalue weighted by molar-refractivity contribution is 9.10. The van der Waals surface area contributed by atoms with Gasteiger partial charge < -0.3 is 8.98 Å². The summed E-state index contributed by atoms with van der Waals surface area (Å²) in [5.41, 5.74) is 0. The highest BCUT2D eigenvalue weighted by Gasteiger charge is 2.20. The zero-order valence-electron chi connectivity index (χ0n) is 10.9. The minimum Gasteiger partial charge on any atom is -0.467 e. The first-order valence-corrected chi connectivity index (χ1v) is 7.89. The van der Waals surface area contributed by atoms with E-state index in [0.29, 0.717) is 0 Å². The van der Waals surface area contributed by atoms with E-state index < -0.39 is 0 Å². The number of nitrogens with zero attached hydrogens (tertiary/aromatic N) is 2. The summed E-state index contributed by atoms with van der Waals surface area (Å²) < 4.78 is 8.69. The summed E-state index contributed by atoms with van der Waals surface area (Å²) in [4.78, 5) is 5.69. The van der Waals surface area contributed by atoms with Gasteiger partial charge in [-0.1, -0.05) is 0 Å². The first-order chi connectivity index (χ1) is 9.75. The number of furan rings is 1. The Kier molecular flexibility index (Phi) is 4.05. The number of aromatic nitrogens is 2. The number of halogens is 1. The lowest BCUT2D eigenvalue weighted by molar-refractivity contribution is 0.430. The maximum atomic E-state index is 5.55. The van der Waals surface area contributed by atoms with Crippen LogP contribution in [-0.2, 0) is 13.6 Å². The zero-order chi connectivity index (χ0) is 13.9. The normalized spacial score (nSPS) is 12.7. The average molecular weight is 352 g/mol. The molecule has 3 aromatic heterocycles. The first kappa shape index (κ1) is 13.6. The van der Waals surface area contributed by atoms with Crippen LogP contribution in [0.2, 0.25) is 0 Å². The summed E-state index contributed by atoms with van der Waals surface area (Å²) in [6.07, 6.45) is 5.43. The Hall–Kier alpha value is -1.37. The van der Waals surface area contributed by atoms with E-state index in [2.05, 4.69) is 37.7 Å². The molecule has 3 heterocycles. The molecule has 0 fully saturated rings. The topological polar surface area (TPSA) is 43.0 Å². The Labute approximate surface area is 129 Å². The van der Waals surface area contributed by atoms with Gasteiger partial charge >= 0.3 is 0 Å². The maximum Gasteiger partial charge on any atom is 0.133 e. The Balaban J connectivity index is 1.84. The fourth-order valence-corrected chi connectivity index (χ4v) is 3.52. The van der Waals surface area contributed by atoms with Crippen LogP contribution in [0.1, 0.15) is 22.5 Å². The van der Waals surface area contributed by atoms with Crippen LogP contribution < -0.4 is 5.32 Å². The van der Waals surface area contributed by atoms with Gasteiger partial charge in [-0.3, -0.25) is 5.32 Å². The molecule has 1 atom stereocenters. The summed E-state index contributed by atoms with van der Waals surface area (Å²) in [7, 11) is 1.99. The maximum absolute atomic E-state index is 5.55. The number of rotatable bonds is 5. The molecule has 3 rings (SSSR count). The molecule has 20 heavy (non-hydrogen) atoms. The number of thiophene rings is 1. The lowest BCUT2D eigenvalue weighted by Crippen LogP contribution is -2.24. The molecule has 0 aromatic carbocycles. The van der Waals surface area contributed by atoms with Crippen molar-refractivity contribution in [1.82, 2.24) is 14.9 Å². The van der Waals surface area contributed by atoms with Gasteiger partial charge in [0.1, 0.15) is 17.6 Å². The van der Waals surface area contributed by atoms with Crippen LogP contribution in [-0.4, -0.2) is 9.55 Å². The van der Waals surface area contributed by atoms with E-state index in [1.807, 2.05) is 29.9 Å². The molecule has 0 aliphatic heterocycles. The molecule has 1 unspecified atom stereocenters. The van der Waals surface area contributed by atoms with Crippen LogP contribution in [0.15, 0.2) is 51.1 Å². The van der Waals surface area contributed by atoms with Gasteiger partial charge in [0, 0.05) is 35.3 Å². The van der Waals surface area contributed by atoms with Gasteiger partial charge in [-0.15, -0.1) is 11.3 Å². The Morgan fingerprint density at radius 2 is 2.40 bits per heavy atom. The standard InChI is InChI=1S/C14H14BrN3OS/c1-18-6-5-16-14(18)13(11-3-2-7-19-11)17-9-12-10(15)4-8-20-12/h2-8,13,17H,9H2,1H3. The SMILES string of the molecule is Cn1ccnc1C(NCc1sccc1Br)c1ccco1. The van der Waals surface area contributed by atoms with Crippen molar-refractivity contribution in [3.63, 3.8) is 0 Å². The average Bonchev–Trinajstić information content (AvgIpc) is 3.15. The van der Waals surface area contributed by atoms with E-state index in [4.69, 9.17) is 4.42 Å². The molecule has 104 valence electrons. The van der Waals surface area contributed by atoms with Crippen LogP contribution in [0, 0.1) is 0 Å². The second kappa shape index (κ2) is 5.95. The molecule has 3 aromatic rings. The number of nitrogens with one attached hydrogen (secondary N) is 1. The van der Waals surface area contributed by atoms with Crippen molar-refractivity contribution in [2.24, 2.45) is 7.05 Å². The van der Waals surface area contributed by atoms with Gasteiger partial charge in [-0.25, -0.2) is 4.98 Å². The summed E-state index contributed by atoms with van der Waals surface area (Å²) in [6, 6.07) is 5.87. The molecular formula is C14H14BrN3OS. The molecule has 0 aliphatic carbocycles. The van der Waals surface area contributed by atoms with Crippen LogP contribution in [0.25, 0.3) is 0 Å². The van der Waals surface area contributed by atoms with Gasteiger partial charge in [-0.2, -0.15) is 0 Å². The predicted molar refractivity (Wildman–Crippen MR) is 82.6 cm³/mol. The lowest BCUT2D eigenvalue weighted by atomic mass is 10.2. The monoisotopic (exact) mass is 351 g/mol. The largest absolute Gasteiger partial charge is 0.467 e. The van der Waals surface area contributed by atoms with Gasteiger partial charge in [0.15, 0.2) is 0 Å². The molecule has 0 spiro atoms. The molecule has 4 nitrogen and oxygen atoms in total. The van der Waals surface area contributed by atoms with Crippen molar-refractivity contribution >= 4 is 27.3 Å². The smallest absolute Gasteiger partial charge is 0.133 e. The minimum atomic E-state index is -0.0565. The van der Waals surface area contributed by atoms with Crippen molar-refractivity contribution in [3.05, 3.63) is 63.2 Å². The van der Waals surface area contributed by atoms with Crippen molar-refractivity contribution in [2.45, 2.75) is 12.6 Å². The molecule has 0 aliphatic rings. The molecule has 0 bridgehead atoms. The summed E-state index contributed by atoms with van der Waals surface area (Å²) in [5.74, 6) is 1.81. The molecule has 0 saturated heterocycles. The number of hydrogen-bond donors (Lipinski definition) is 1. The van der Waals surface area contributed by atoms with Crippen LogP contribution in [0.3, 0.4) is 0 Å². The zero-order valence-corrected chi connectivity index (χ0v) is 13.3. The number of aryl methyl sites for hydroxylation is 1. The molecular weight excluding hydrogens is 338 g/mol. The minimum absolute atomic E-state index is 0.0565. The lowest BCUT2D eigenvalue weighted by Gasteiger charge is -2.16. The van der Waals surface area contributed by atoms with Gasteiger partial charge in [0.2, 0.25) is 0 Å². The highest BCUT2D eigenvalue weighted by atomic mass is 79.9. The summed E-state index contributed by atoms with van der Waals surface area (Å²) in [6.45, 7) is 0.760. The van der Waals surface area contributed by atoms with E-state index in [1.54, 1.807) is 23.8 Å². The van der Waals surface area contributed by atoms with Crippen LogP contribution in [0.5, 0.6) is 0 Å². The quantitative estimate of drug-likeness (QED) is 0.761. The summed E-state index contributed by atoms with van der Waals surface area (Å²) >= 11 is 5.28. The second-order valence-electron chi connectivity index (χ2n) is 4.42. The van der Waals surface area contributed by atoms with Crippen molar-refractivity contribution in [3.8, 4) is 0 Å². The molecule has 6 heteroatoms. The first-order valence-electron chi connectivity index (χ1n) is 6.21. The molecule has 0 radical (unpaired) electrons. The van der Waals surface area contributed by atoms with Crippen molar-refractivity contribution in [1.29, 1.82) is 0 Å². The fraction of sp³-hybridized carbons (Fsp3) is 0.214. The van der Waals surface area contributed by atoms with Gasteiger partial charge in [0.25, 0.3) is 0 Å². The third-order valence-corrected chi connectivity index (χ3v) is 5.03. The second-order valence-corrected chi connectivity index (χ2v) is 6.27. The molecule has 1 N–H and O–H groups in total. The van der Waals surface area contributed by atoms with E-state index in [-0.39, 0.29) is 6.04 Å². The summed E-state index contributed by atoms with van der Waals surface area (Å²) in [5, 5.41) is 5.59. The Bertz CT molecular complexity index is 674. The van der Waals surface area contributed by atoms with Crippen molar-refractivity contribution in [2.75, 3.05) is 0 Å². The van der Waals surface area contributed by atoms with E-state index in [1.165, 1.54) is 4.88 Å². The third kappa shape index (κ3) is 2.72. The Morgan fingerprint density at radius 1 is 1.50 bits per heavy atom. The van der Waals surface area contributed by atoms with Gasteiger partial charge in [-0.05, 0) is 39.5 Å². The van der Waals surface area contributed by atoms with Crippen LogP contribution in [0.4, 0.5) is 0 Å². The number of hydrogen-bond acceptors (Lipinski definition) is 4. The highest BCUT2D eigenvalue weighted by Crippen LogP contribution is 2.25. The molecule has 0 saturated carbocycles. The van der Waals surface area contributed by atoms with E-state index in [0.717, 1.165) is 22.6 Å². The molecule has 0 amide bonds. The Morgan fingerprint density at radius 3 is 3.00 bits per heavy atom. The number of imidazole rings is 1. The van der Waals surface area contributed by atoms with E-state index in [9.17, 15) is 0 Å². The predicted octanol–water partition coefficient (Wildman–Crippen LogP) is 3.72. The third-order valence-electron chi connectivity index (χ3n) is 3.10.